The van der Waals surface area contributed by atoms with Gasteiger partial charge >= 0.3 is 0 Å². The molecule has 0 saturated carbocycles. The Kier molecular flexibility index (Phi) is 3.19. The molecule has 4 nitrogen and oxygen atoms in total. The fourth-order valence-electron chi connectivity index (χ4n) is 1.55. The number of ether oxygens (including phenoxy) is 1. The summed E-state index contributed by atoms with van der Waals surface area (Å²) in [6.07, 6.45) is 2.69. The van der Waals surface area contributed by atoms with Crippen LogP contribution in [0.25, 0.3) is 0 Å². The van der Waals surface area contributed by atoms with Crippen LogP contribution in [-0.2, 0) is 20.1 Å². The second-order valence-electron chi connectivity index (χ2n) is 3.56. The Morgan fingerprint density at radius 3 is 2.88 bits per heavy atom. The molecule has 0 amide bonds. The lowest BCUT2D eigenvalue weighted by Crippen LogP contribution is -1.99. The fraction of sp³-hybridized carbons (Fsp3) is 0.333. The van der Waals surface area contributed by atoms with E-state index in [4.69, 9.17) is 4.74 Å². The number of nitrogens with zero attached hydrogens (tertiary/aromatic N) is 3. The monoisotopic (exact) mass is 217 g/mol. The normalized spacial score (nSPS) is 10.4. The van der Waals surface area contributed by atoms with Gasteiger partial charge in [-0.15, -0.1) is 0 Å². The highest BCUT2D eigenvalue weighted by atomic mass is 16.5. The minimum absolute atomic E-state index is 0.463. The number of hydrogen-bond donors (Lipinski definition) is 0. The molecule has 2 aromatic heterocycles. The van der Waals surface area contributed by atoms with Gasteiger partial charge in [0, 0.05) is 25.0 Å². The molecule has 4 heteroatoms. The molecule has 0 unspecified atom stereocenters. The Hall–Kier alpha value is -1.84. The van der Waals surface area contributed by atoms with Crippen LogP contribution in [0.2, 0.25) is 0 Å². The van der Waals surface area contributed by atoms with Gasteiger partial charge in [-0.05, 0) is 18.6 Å². The lowest BCUT2D eigenvalue weighted by Gasteiger charge is -2.01. The summed E-state index contributed by atoms with van der Waals surface area (Å²) in [6, 6.07) is 7.66. The van der Waals surface area contributed by atoms with Crippen molar-refractivity contribution in [3.05, 3.63) is 41.9 Å². The van der Waals surface area contributed by atoms with Crippen molar-refractivity contribution in [2.45, 2.75) is 20.0 Å². The van der Waals surface area contributed by atoms with E-state index in [-0.39, 0.29) is 0 Å². The first kappa shape index (κ1) is 10.7. The molecule has 0 aliphatic heterocycles. The van der Waals surface area contributed by atoms with Gasteiger partial charge in [-0.25, -0.2) is 4.98 Å². The van der Waals surface area contributed by atoms with Crippen LogP contribution >= 0.6 is 0 Å². The average molecular weight is 217 g/mol. The third-order valence-electron chi connectivity index (χ3n) is 2.40. The molecule has 0 aromatic carbocycles. The number of pyridine rings is 1. The Balaban J connectivity index is 2.00. The maximum absolute atomic E-state index is 5.52. The van der Waals surface area contributed by atoms with E-state index in [9.17, 15) is 0 Å². The van der Waals surface area contributed by atoms with Crippen molar-refractivity contribution in [3.63, 3.8) is 0 Å². The van der Waals surface area contributed by atoms with Crippen LogP contribution in [-0.4, -0.2) is 14.8 Å². The van der Waals surface area contributed by atoms with Gasteiger partial charge in [-0.3, -0.25) is 4.68 Å². The van der Waals surface area contributed by atoms with E-state index in [0.29, 0.717) is 12.5 Å². The molecule has 0 fully saturated rings. The summed E-state index contributed by atoms with van der Waals surface area (Å²) >= 11 is 0. The van der Waals surface area contributed by atoms with Crippen LogP contribution in [0.15, 0.2) is 30.5 Å². The lowest BCUT2D eigenvalue weighted by molar-refractivity contribution is 0.288. The Labute approximate surface area is 94.9 Å². The van der Waals surface area contributed by atoms with Crippen LogP contribution in [0.1, 0.15) is 18.3 Å². The van der Waals surface area contributed by atoms with Gasteiger partial charge in [-0.1, -0.05) is 13.0 Å². The molecule has 84 valence electrons. The first-order valence-corrected chi connectivity index (χ1v) is 5.35. The molecule has 0 radical (unpaired) electrons. The summed E-state index contributed by atoms with van der Waals surface area (Å²) in [5.41, 5.74) is 2.14. The van der Waals surface area contributed by atoms with Gasteiger partial charge in [0.15, 0.2) is 0 Å². The molecule has 16 heavy (non-hydrogen) atoms. The zero-order valence-electron chi connectivity index (χ0n) is 9.55. The molecule has 0 atom stereocenters. The van der Waals surface area contributed by atoms with Crippen molar-refractivity contribution >= 4 is 0 Å². The zero-order valence-corrected chi connectivity index (χ0v) is 9.55. The number of hydrogen-bond acceptors (Lipinski definition) is 3. The Morgan fingerprint density at radius 1 is 1.38 bits per heavy atom. The number of rotatable bonds is 4. The maximum atomic E-state index is 5.52. The van der Waals surface area contributed by atoms with E-state index in [0.717, 1.165) is 12.1 Å². The predicted molar refractivity (Wildman–Crippen MR) is 61.2 cm³/mol. The second-order valence-corrected chi connectivity index (χ2v) is 3.56. The van der Waals surface area contributed by atoms with Crippen molar-refractivity contribution in [2.24, 2.45) is 7.05 Å². The molecule has 0 N–H and O–H groups in total. The fourth-order valence-corrected chi connectivity index (χ4v) is 1.55. The summed E-state index contributed by atoms with van der Waals surface area (Å²) in [5, 5.41) is 4.36. The van der Waals surface area contributed by atoms with E-state index in [1.54, 1.807) is 6.20 Å². The van der Waals surface area contributed by atoms with Crippen LogP contribution in [0.3, 0.4) is 0 Å². The quantitative estimate of drug-likeness (QED) is 0.786. The van der Waals surface area contributed by atoms with E-state index in [1.165, 1.54) is 5.69 Å². The Bertz CT molecular complexity index is 451. The van der Waals surface area contributed by atoms with E-state index < -0.39 is 0 Å². The second kappa shape index (κ2) is 4.79. The molecule has 0 bridgehead atoms. The van der Waals surface area contributed by atoms with Gasteiger partial charge in [-0.2, -0.15) is 5.10 Å². The first-order valence-electron chi connectivity index (χ1n) is 5.35. The molecule has 2 aromatic rings. The summed E-state index contributed by atoms with van der Waals surface area (Å²) in [4.78, 5) is 4.09. The molecule has 0 aliphatic rings. The largest absolute Gasteiger partial charge is 0.471 e. The summed E-state index contributed by atoms with van der Waals surface area (Å²) in [5.74, 6) is 0.631. The minimum Gasteiger partial charge on any atom is -0.471 e. The average Bonchev–Trinajstić information content (AvgIpc) is 2.69. The summed E-state index contributed by atoms with van der Waals surface area (Å²) in [6.45, 7) is 2.57. The zero-order chi connectivity index (χ0) is 11.4. The van der Waals surface area contributed by atoms with Crippen LogP contribution in [0.4, 0.5) is 0 Å². The van der Waals surface area contributed by atoms with Gasteiger partial charge < -0.3 is 4.74 Å². The van der Waals surface area contributed by atoms with Crippen LogP contribution < -0.4 is 4.74 Å². The minimum atomic E-state index is 0.463. The predicted octanol–water partition coefficient (Wildman–Crippen LogP) is 1.96. The van der Waals surface area contributed by atoms with Gasteiger partial charge in [0.2, 0.25) is 5.88 Å². The highest BCUT2D eigenvalue weighted by Crippen LogP contribution is 2.09. The van der Waals surface area contributed by atoms with Crippen molar-refractivity contribution < 1.29 is 4.74 Å². The van der Waals surface area contributed by atoms with Crippen molar-refractivity contribution in [3.8, 4) is 5.88 Å². The van der Waals surface area contributed by atoms with Crippen molar-refractivity contribution in [1.82, 2.24) is 14.8 Å². The number of aryl methyl sites for hydroxylation is 2. The first-order chi connectivity index (χ1) is 7.79. The van der Waals surface area contributed by atoms with Crippen molar-refractivity contribution in [1.29, 1.82) is 0 Å². The third-order valence-corrected chi connectivity index (χ3v) is 2.40. The molecule has 0 aliphatic carbocycles. The Morgan fingerprint density at radius 2 is 2.25 bits per heavy atom. The lowest BCUT2D eigenvalue weighted by atomic mass is 10.3. The third kappa shape index (κ3) is 2.39. The molecular formula is C12H15N3O. The highest BCUT2D eigenvalue weighted by Gasteiger charge is 2.04. The highest BCUT2D eigenvalue weighted by molar-refractivity contribution is 5.12. The molecule has 2 rings (SSSR count). The van der Waals surface area contributed by atoms with Crippen LogP contribution in [0, 0.1) is 0 Å². The van der Waals surface area contributed by atoms with E-state index in [1.807, 2.05) is 29.9 Å². The number of aromatic nitrogens is 3. The van der Waals surface area contributed by atoms with Crippen LogP contribution in [0.5, 0.6) is 5.88 Å². The summed E-state index contributed by atoms with van der Waals surface area (Å²) in [7, 11) is 1.95. The maximum Gasteiger partial charge on any atom is 0.213 e. The van der Waals surface area contributed by atoms with E-state index >= 15 is 0 Å². The van der Waals surface area contributed by atoms with Gasteiger partial charge in [0.05, 0.1) is 0 Å². The van der Waals surface area contributed by atoms with Gasteiger partial charge in [0.25, 0.3) is 0 Å². The molecular weight excluding hydrogens is 202 g/mol. The molecule has 0 saturated heterocycles. The topological polar surface area (TPSA) is 39.9 Å². The molecule has 0 spiro atoms. The van der Waals surface area contributed by atoms with Gasteiger partial charge in [0.1, 0.15) is 12.3 Å². The molecule has 2 heterocycles. The SMILES string of the molecule is CCc1cc(COc2ccccn2)nn1C. The van der Waals surface area contributed by atoms with E-state index in [2.05, 4.69) is 23.1 Å². The smallest absolute Gasteiger partial charge is 0.213 e. The summed E-state index contributed by atoms with van der Waals surface area (Å²) < 4.78 is 7.40. The van der Waals surface area contributed by atoms with Crippen molar-refractivity contribution in [2.75, 3.05) is 0 Å². The standard InChI is InChI=1S/C12H15N3O/c1-3-11-8-10(14-15(11)2)9-16-12-6-4-5-7-13-12/h4-8H,3,9H2,1-2H3.